The van der Waals surface area contributed by atoms with Crippen LogP contribution in [0.15, 0.2) is 0 Å². The van der Waals surface area contributed by atoms with Crippen molar-refractivity contribution in [3.05, 3.63) is 0 Å². The molecular formula is C18H40N2O2. The maximum atomic E-state index is 5.87. The van der Waals surface area contributed by atoms with Crippen LogP contribution in [0.5, 0.6) is 0 Å². The Hall–Kier alpha value is -0.160. The summed E-state index contributed by atoms with van der Waals surface area (Å²) in [6.07, 6.45) is 2.35. The van der Waals surface area contributed by atoms with Crippen LogP contribution in [0.3, 0.4) is 0 Å². The second-order valence-electron chi connectivity index (χ2n) is 7.41. The second kappa shape index (κ2) is 12.3. The molecule has 0 spiro atoms. The smallest absolute Gasteiger partial charge is 0.106 e. The van der Waals surface area contributed by atoms with Crippen molar-refractivity contribution in [1.82, 2.24) is 9.80 Å². The van der Waals surface area contributed by atoms with E-state index in [0.29, 0.717) is 11.8 Å². The Kier molecular flexibility index (Phi) is 12.2. The molecule has 0 aliphatic carbocycles. The molecule has 0 aromatic carbocycles. The molecule has 0 rings (SSSR count). The molecule has 4 heteroatoms. The van der Waals surface area contributed by atoms with Crippen LogP contribution in [0.25, 0.3) is 0 Å². The van der Waals surface area contributed by atoms with Gasteiger partial charge in [0.25, 0.3) is 0 Å². The Morgan fingerprint density at radius 3 is 1.23 bits per heavy atom. The molecular weight excluding hydrogens is 276 g/mol. The van der Waals surface area contributed by atoms with Gasteiger partial charge in [-0.25, -0.2) is 9.78 Å². The fourth-order valence-corrected chi connectivity index (χ4v) is 2.45. The second-order valence-corrected chi connectivity index (χ2v) is 7.41. The van der Waals surface area contributed by atoms with Gasteiger partial charge in [0.05, 0.1) is 0 Å². The van der Waals surface area contributed by atoms with Gasteiger partial charge < -0.3 is 9.80 Å². The Morgan fingerprint density at radius 1 is 0.682 bits per heavy atom. The Balaban J connectivity index is 4.50. The van der Waals surface area contributed by atoms with Gasteiger partial charge in [-0.15, -0.1) is 0 Å². The van der Waals surface area contributed by atoms with Gasteiger partial charge in [-0.05, 0) is 51.9 Å². The number of rotatable bonds is 13. The third-order valence-corrected chi connectivity index (χ3v) is 3.91. The molecule has 0 fully saturated rings. The Labute approximate surface area is 139 Å². The van der Waals surface area contributed by atoms with Crippen molar-refractivity contribution in [2.75, 3.05) is 40.3 Å². The van der Waals surface area contributed by atoms with Gasteiger partial charge >= 0.3 is 0 Å². The van der Waals surface area contributed by atoms with E-state index in [0.717, 1.165) is 39.0 Å². The minimum absolute atomic E-state index is 0.145. The molecule has 0 aromatic heterocycles. The molecule has 4 nitrogen and oxygen atoms in total. The maximum absolute atomic E-state index is 5.87. The number of nitrogens with zero attached hydrogens (tertiary/aromatic N) is 2. The molecule has 0 heterocycles. The first kappa shape index (κ1) is 21.8. The molecule has 2 atom stereocenters. The third kappa shape index (κ3) is 11.4. The largest absolute Gasteiger partial charge is 0.304 e. The fourth-order valence-electron chi connectivity index (χ4n) is 2.45. The van der Waals surface area contributed by atoms with Crippen LogP contribution in [0.4, 0.5) is 0 Å². The van der Waals surface area contributed by atoms with E-state index in [2.05, 4.69) is 65.4 Å². The van der Waals surface area contributed by atoms with Crippen molar-refractivity contribution in [2.24, 2.45) is 11.8 Å². The van der Waals surface area contributed by atoms with Crippen LogP contribution >= 0.6 is 0 Å². The SMILES string of the molecule is CCN(C)CC(CC(C)C)OOC(CC(C)C)CN(C)CC. The molecule has 0 aromatic rings. The first-order valence-electron chi connectivity index (χ1n) is 8.97. The molecule has 22 heavy (non-hydrogen) atoms. The molecule has 0 saturated heterocycles. The van der Waals surface area contributed by atoms with Crippen molar-refractivity contribution in [3.63, 3.8) is 0 Å². The number of hydrogen-bond donors (Lipinski definition) is 0. The lowest BCUT2D eigenvalue weighted by atomic mass is 10.1. The van der Waals surface area contributed by atoms with Crippen LogP contribution in [0, 0.1) is 11.8 Å². The summed E-state index contributed by atoms with van der Waals surface area (Å²) in [4.78, 5) is 16.3. The van der Waals surface area contributed by atoms with Crippen molar-refractivity contribution < 1.29 is 9.78 Å². The zero-order valence-corrected chi connectivity index (χ0v) is 16.3. The van der Waals surface area contributed by atoms with Crippen molar-refractivity contribution in [3.8, 4) is 0 Å². The van der Waals surface area contributed by atoms with E-state index < -0.39 is 0 Å². The summed E-state index contributed by atoms with van der Waals surface area (Å²) in [5.74, 6) is 1.22. The van der Waals surface area contributed by atoms with Crippen molar-refractivity contribution in [1.29, 1.82) is 0 Å². The average Bonchev–Trinajstić information content (AvgIpc) is 2.42. The molecule has 0 aliphatic rings. The van der Waals surface area contributed by atoms with Gasteiger partial charge in [-0.3, -0.25) is 0 Å². The standard InChI is InChI=1S/C18H40N2O2/c1-9-19(7)13-17(11-15(3)4)21-22-18(12-16(5)6)14-20(8)10-2/h15-18H,9-14H2,1-8H3. The highest BCUT2D eigenvalue weighted by Gasteiger charge is 2.20. The molecule has 0 N–H and O–H groups in total. The number of hydrogen-bond acceptors (Lipinski definition) is 4. The molecule has 0 saturated carbocycles. The van der Waals surface area contributed by atoms with Gasteiger partial charge in [0.15, 0.2) is 0 Å². The first-order chi connectivity index (χ1) is 10.3. The summed E-state index contributed by atoms with van der Waals surface area (Å²) in [6.45, 7) is 17.2. The highest BCUT2D eigenvalue weighted by atomic mass is 17.2. The lowest BCUT2D eigenvalue weighted by Gasteiger charge is -2.28. The summed E-state index contributed by atoms with van der Waals surface area (Å²) in [5.41, 5.74) is 0. The summed E-state index contributed by atoms with van der Waals surface area (Å²) in [6, 6.07) is 0. The predicted molar refractivity (Wildman–Crippen MR) is 95.0 cm³/mol. The van der Waals surface area contributed by atoms with Gasteiger partial charge in [-0.1, -0.05) is 41.5 Å². The van der Waals surface area contributed by atoms with Gasteiger partial charge in [0, 0.05) is 13.1 Å². The van der Waals surface area contributed by atoms with Gasteiger partial charge in [0.2, 0.25) is 0 Å². The monoisotopic (exact) mass is 316 g/mol. The van der Waals surface area contributed by atoms with Crippen molar-refractivity contribution >= 4 is 0 Å². The van der Waals surface area contributed by atoms with E-state index in [-0.39, 0.29) is 12.2 Å². The van der Waals surface area contributed by atoms with Crippen LogP contribution in [0.2, 0.25) is 0 Å². The summed E-state index contributed by atoms with van der Waals surface area (Å²) >= 11 is 0. The van der Waals surface area contributed by atoms with Crippen LogP contribution in [-0.4, -0.2) is 62.3 Å². The van der Waals surface area contributed by atoms with Crippen molar-refractivity contribution in [2.45, 2.75) is 66.6 Å². The van der Waals surface area contributed by atoms with E-state index in [4.69, 9.17) is 9.78 Å². The Bertz CT molecular complexity index is 233. The number of likely N-dealkylation sites (N-methyl/N-ethyl adjacent to an activating group) is 2. The van der Waals surface area contributed by atoms with Crippen LogP contribution in [-0.2, 0) is 9.78 Å². The highest BCUT2D eigenvalue weighted by molar-refractivity contribution is 4.66. The first-order valence-corrected chi connectivity index (χ1v) is 8.97. The summed E-state index contributed by atoms with van der Waals surface area (Å²) in [7, 11) is 4.26. The van der Waals surface area contributed by atoms with Gasteiger partial charge in [-0.2, -0.15) is 0 Å². The summed E-state index contributed by atoms with van der Waals surface area (Å²) in [5, 5.41) is 0. The zero-order chi connectivity index (χ0) is 17.1. The topological polar surface area (TPSA) is 24.9 Å². The third-order valence-electron chi connectivity index (χ3n) is 3.91. The van der Waals surface area contributed by atoms with E-state index in [1.165, 1.54) is 0 Å². The van der Waals surface area contributed by atoms with E-state index in [1.807, 2.05) is 0 Å². The lowest BCUT2D eigenvalue weighted by molar-refractivity contribution is -0.357. The molecule has 2 unspecified atom stereocenters. The fraction of sp³-hybridized carbons (Fsp3) is 1.00. The van der Waals surface area contributed by atoms with Crippen LogP contribution in [0.1, 0.15) is 54.4 Å². The van der Waals surface area contributed by atoms with Crippen LogP contribution < -0.4 is 0 Å². The van der Waals surface area contributed by atoms with E-state index in [9.17, 15) is 0 Å². The predicted octanol–water partition coefficient (Wildman–Crippen LogP) is 3.67. The normalized spacial score (nSPS) is 15.3. The minimum Gasteiger partial charge on any atom is -0.304 e. The molecule has 0 aliphatic heterocycles. The quantitative estimate of drug-likeness (QED) is 0.382. The minimum atomic E-state index is 0.145. The summed E-state index contributed by atoms with van der Waals surface area (Å²) < 4.78 is 0. The maximum Gasteiger partial charge on any atom is 0.106 e. The van der Waals surface area contributed by atoms with Gasteiger partial charge in [0.1, 0.15) is 12.2 Å². The molecule has 0 radical (unpaired) electrons. The average molecular weight is 317 g/mol. The highest BCUT2D eigenvalue weighted by Crippen LogP contribution is 2.15. The molecule has 134 valence electrons. The lowest BCUT2D eigenvalue weighted by Crippen LogP contribution is -2.36. The Morgan fingerprint density at radius 2 is 1.00 bits per heavy atom. The molecule has 0 amide bonds. The zero-order valence-electron chi connectivity index (χ0n) is 16.3. The molecule has 0 bridgehead atoms. The van der Waals surface area contributed by atoms with E-state index >= 15 is 0 Å². The van der Waals surface area contributed by atoms with E-state index in [1.54, 1.807) is 0 Å².